The van der Waals surface area contributed by atoms with Crippen LogP contribution in [0.3, 0.4) is 0 Å². The summed E-state index contributed by atoms with van der Waals surface area (Å²) in [5.41, 5.74) is -0.0514. The Kier molecular flexibility index (Phi) is 3.34. The third-order valence-corrected chi connectivity index (χ3v) is 3.65. The van der Waals surface area contributed by atoms with Gasteiger partial charge in [0.1, 0.15) is 17.1 Å². The molecule has 0 saturated carbocycles. The molecule has 94 valence electrons. The SMILES string of the molecule is Cc1cc(O)c(C(=O)Cc2sccc2C)c(=O)o1. The summed E-state index contributed by atoms with van der Waals surface area (Å²) in [6.45, 7) is 3.44. The molecule has 0 atom stereocenters. The van der Waals surface area contributed by atoms with Crippen molar-refractivity contribution in [2.45, 2.75) is 20.3 Å². The van der Waals surface area contributed by atoms with E-state index in [0.717, 1.165) is 10.4 Å². The Balaban J connectivity index is 2.36. The molecule has 0 unspecified atom stereocenters. The summed E-state index contributed by atoms with van der Waals surface area (Å²) in [7, 11) is 0. The van der Waals surface area contributed by atoms with Crippen molar-refractivity contribution in [3.63, 3.8) is 0 Å². The zero-order valence-electron chi connectivity index (χ0n) is 10.0. The lowest BCUT2D eigenvalue weighted by atomic mass is 10.1. The molecule has 0 aliphatic carbocycles. The summed E-state index contributed by atoms with van der Waals surface area (Å²) < 4.78 is 4.83. The summed E-state index contributed by atoms with van der Waals surface area (Å²) in [6, 6.07) is 3.18. The highest BCUT2D eigenvalue weighted by atomic mass is 32.1. The van der Waals surface area contributed by atoms with Crippen LogP contribution in [-0.2, 0) is 6.42 Å². The van der Waals surface area contributed by atoms with E-state index in [2.05, 4.69) is 0 Å². The van der Waals surface area contributed by atoms with Gasteiger partial charge in [0.15, 0.2) is 5.78 Å². The maximum absolute atomic E-state index is 12.0. The molecule has 2 aromatic heterocycles. The Morgan fingerprint density at radius 2 is 2.17 bits per heavy atom. The minimum Gasteiger partial charge on any atom is -0.507 e. The number of aromatic hydroxyl groups is 1. The number of aryl methyl sites for hydroxylation is 2. The molecule has 0 bridgehead atoms. The fraction of sp³-hybridized carbons (Fsp3) is 0.231. The zero-order valence-corrected chi connectivity index (χ0v) is 10.8. The third-order valence-electron chi connectivity index (χ3n) is 2.62. The number of Topliss-reactive ketones (excluding diaryl/α,β-unsaturated/α-hetero) is 1. The molecule has 0 aliphatic heterocycles. The molecule has 0 radical (unpaired) electrons. The van der Waals surface area contributed by atoms with Crippen LogP contribution < -0.4 is 5.63 Å². The van der Waals surface area contributed by atoms with Gasteiger partial charge in [-0.15, -0.1) is 11.3 Å². The number of hydrogen-bond donors (Lipinski definition) is 1. The van der Waals surface area contributed by atoms with Crippen LogP contribution in [0.2, 0.25) is 0 Å². The molecule has 0 aliphatic rings. The van der Waals surface area contributed by atoms with Crippen LogP contribution in [0.25, 0.3) is 0 Å². The number of thiophene rings is 1. The second-order valence-electron chi connectivity index (χ2n) is 4.03. The van der Waals surface area contributed by atoms with Crippen molar-refractivity contribution in [3.05, 3.63) is 49.7 Å². The molecule has 18 heavy (non-hydrogen) atoms. The first-order chi connectivity index (χ1) is 8.49. The van der Waals surface area contributed by atoms with Crippen LogP contribution in [0.15, 0.2) is 26.7 Å². The summed E-state index contributed by atoms with van der Waals surface area (Å²) in [5, 5.41) is 11.5. The zero-order chi connectivity index (χ0) is 13.3. The molecule has 0 fully saturated rings. The summed E-state index contributed by atoms with van der Waals surface area (Å²) in [5.74, 6) is -0.462. The highest BCUT2D eigenvalue weighted by molar-refractivity contribution is 7.10. The van der Waals surface area contributed by atoms with Crippen LogP contribution >= 0.6 is 11.3 Å². The lowest BCUT2D eigenvalue weighted by molar-refractivity contribution is 0.0986. The van der Waals surface area contributed by atoms with Gasteiger partial charge >= 0.3 is 5.63 Å². The predicted molar refractivity (Wildman–Crippen MR) is 68.5 cm³/mol. The molecule has 1 N–H and O–H groups in total. The smallest absolute Gasteiger partial charge is 0.350 e. The summed E-state index contributed by atoms with van der Waals surface area (Å²) >= 11 is 1.45. The fourth-order valence-corrected chi connectivity index (χ4v) is 2.58. The molecule has 0 saturated heterocycles. The van der Waals surface area contributed by atoms with Gasteiger partial charge in [-0.25, -0.2) is 4.79 Å². The predicted octanol–water partition coefficient (Wildman–Crippen LogP) is 2.45. The van der Waals surface area contributed by atoms with E-state index in [4.69, 9.17) is 4.42 Å². The van der Waals surface area contributed by atoms with E-state index < -0.39 is 11.4 Å². The van der Waals surface area contributed by atoms with Gasteiger partial charge < -0.3 is 9.52 Å². The topological polar surface area (TPSA) is 67.5 Å². The van der Waals surface area contributed by atoms with Crippen LogP contribution in [0.5, 0.6) is 5.75 Å². The van der Waals surface area contributed by atoms with Gasteiger partial charge in [0.25, 0.3) is 0 Å². The summed E-state index contributed by atoms with van der Waals surface area (Å²) in [4.78, 5) is 24.5. The molecule has 2 heterocycles. The van der Waals surface area contributed by atoms with E-state index in [-0.39, 0.29) is 23.5 Å². The largest absolute Gasteiger partial charge is 0.507 e. The van der Waals surface area contributed by atoms with Gasteiger partial charge in [0, 0.05) is 17.4 Å². The third kappa shape index (κ3) is 2.36. The molecular formula is C13H12O4S. The van der Waals surface area contributed by atoms with Crippen LogP contribution in [0.4, 0.5) is 0 Å². The van der Waals surface area contributed by atoms with Crippen molar-refractivity contribution >= 4 is 17.1 Å². The number of ketones is 1. The van der Waals surface area contributed by atoms with Gasteiger partial charge in [-0.2, -0.15) is 0 Å². The molecule has 0 amide bonds. The Morgan fingerprint density at radius 3 is 2.72 bits per heavy atom. The molecular weight excluding hydrogens is 252 g/mol. The number of rotatable bonds is 3. The van der Waals surface area contributed by atoms with Crippen molar-refractivity contribution in [1.82, 2.24) is 0 Å². The fourth-order valence-electron chi connectivity index (χ4n) is 1.67. The van der Waals surface area contributed by atoms with Crippen molar-refractivity contribution < 1.29 is 14.3 Å². The average Bonchev–Trinajstić information content (AvgIpc) is 2.62. The van der Waals surface area contributed by atoms with Crippen LogP contribution in [0.1, 0.15) is 26.6 Å². The Bertz CT molecular complexity index is 651. The molecule has 5 heteroatoms. The molecule has 4 nitrogen and oxygen atoms in total. The molecule has 2 rings (SSSR count). The van der Waals surface area contributed by atoms with Gasteiger partial charge in [-0.3, -0.25) is 4.79 Å². The van der Waals surface area contributed by atoms with E-state index in [1.165, 1.54) is 17.4 Å². The normalized spacial score (nSPS) is 10.6. The second kappa shape index (κ2) is 4.78. The number of hydrogen-bond acceptors (Lipinski definition) is 5. The van der Waals surface area contributed by atoms with Crippen LogP contribution in [0, 0.1) is 13.8 Å². The maximum Gasteiger partial charge on any atom is 0.350 e. The Labute approximate surface area is 108 Å². The van der Waals surface area contributed by atoms with Crippen LogP contribution in [-0.4, -0.2) is 10.9 Å². The molecule has 0 spiro atoms. The van der Waals surface area contributed by atoms with Gasteiger partial charge in [0.2, 0.25) is 0 Å². The lowest BCUT2D eigenvalue weighted by Crippen LogP contribution is -2.16. The van der Waals surface area contributed by atoms with E-state index in [0.29, 0.717) is 0 Å². The van der Waals surface area contributed by atoms with Crippen molar-refractivity contribution in [2.75, 3.05) is 0 Å². The van der Waals surface area contributed by atoms with Gasteiger partial charge in [0.05, 0.1) is 0 Å². The monoisotopic (exact) mass is 264 g/mol. The van der Waals surface area contributed by atoms with E-state index >= 15 is 0 Å². The summed E-state index contributed by atoms with van der Waals surface area (Å²) in [6.07, 6.45) is 0.102. The van der Waals surface area contributed by atoms with Gasteiger partial charge in [-0.1, -0.05) is 0 Å². The number of carbonyl (C=O) groups is 1. The van der Waals surface area contributed by atoms with Crippen molar-refractivity contribution in [3.8, 4) is 5.75 Å². The molecule has 2 aromatic rings. The highest BCUT2D eigenvalue weighted by Crippen LogP contribution is 2.21. The standard InChI is InChI=1S/C13H12O4S/c1-7-3-4-18-11(7)6-10(15)12-9(14)5-8(2)17-13(12)16/h3-5,14H,6H2,1-2H3. The minimum absolute atomic E-state index is 0.102. The Hall–Kier alpha value is -1.88. The maximum atomic E-state index is 12.0. The van der Waals surface area contributed by atoms with E-state index in [1.807, 2.05) is 18.4 Å². The average molecular weight is 264 g/mol. The van der Waals surface area contributed by atoms with E-state index in [9.17, 15) is 14.7 Å². The molecule has 0 aromatic carbocycles. The first kappa shape index (κ1) is 12.6. The van der Waals surface area contributed by atoms with Crippen molar-refractivity contribution in [2.24, 2.45) is 0 Å². The Morgan fingerprint density at radius 1 is 1.44 bits per heavy atom. The minimum atomic E-state index is -0.785. The first-order valence-corrected chi connectivity index (χ1v) is 6.27. The highest BCUT2D eigenvalue weighted by Gasteiger charge is 2.19. The second-order valence-corrected chi connectivity index (χ2v) is 5.03. The quantitative estimate of drug-likeness (QED) is 0.865. The first-order valence-electron chi connectivity index (χ1n) is 5.39. The van der Waals surface area contributed by atoms with Crippen molar-refractivity contribution in [1.29, 1.82) is 0 Å². The lowest BCUT2D eigenvalue weighted by Gasteiger charge is -2.02. The van der Waals surface area contributed by atoms with Gasteiger partial charge in [-0.05, 0) is 30.9 Å². The number of carbonyl (C=O) groups excluding carboxylic acids is 1. The van der Waals surface area contributed by atoms with E-state index in [1.54, 1.807) is 6.92 Å².